The smallest absolute Gasteiger partial charge is 0.150 e. The van der Waals surface area contributed by atoms with Crippen molar-refractivity contribution in [3.8, 4) is 0 Å². The van der Waals surface area contributed by atoms with Crippen molar-refractivity contribution in [3.05, 3.63) is 0 Å². The summed E-state index contributed by atoms with van der Waals surface area (Å²) in [6.45, 7) is 13.3. The van der Waals surface area contributed by atoms with Crippen molar-refractivity contribution < 1.29 is 4.37 Å². The van der Waals surface area contributed by atoms with Crippen molar-refractivity contribution in [2.45, 2.75) is 59.9 Å². The molecular formula is C9H21O+. The molecule has 0 fully saturated rings. The molecule has 0 aliphatic heterocycles. The fourth-order valence-corrected chi connectivity index (χ4v) is 1.63. The largest absolute Gasteiger partial charge is 0.416 e. The first kappa shape index (κ1) is 9.96. The Labute approximate surface area is 65.1 Å². The lowest BCUT2D eigenvalue weighted by atomic mass is 10.3. The second-order valence-corrected chi connectivity index (χ2v) is 3.55. The van der Waals surface area contributed by atoms with Crippen LogP contribution in [0.15, 0.2) is 0 Å². The molecule has 0 aliphatic rings. The molecule has 0 atom stereocenters. The summed E-state index contributed by atoms with van der Waals surface area (Å²) in [4.78, 5) is 0. The second-order valence-electron chi connectivity index (χ2n) is 3.55. The lowest BCUT2D eigenvalue weighted by Gasteiger charge is -2.30. The Morgan fingerprint density at radius 2 is 0.800 bits per heavy atom. The summed E-state index contributed by atoms with van der Waals surface area (Å²) in [6.07, 6.45) is 1.75. The summed E-state index contributed by atoms with van der Waals surface area (Å²) >= 11 is 0. The minimum absolute atomic E-state index is 0.583. The topological polar surface area (TPSA) is 2.70 Å². The molecule has 0 aliphatic carbocycles. The van der Waals surface area contributed by atoms with E-state index in [-0.39, 0.29) is 0 Å². The highest BCUT2D eigenvalue weighted by Crippen LogP contribution is 2.15. The lowest BCUT2D eigenvalue weighted by Crippen LogP contribution is -2.33. The molecule has 0 rings (SSSR count). The van der Waals surface area contributed by atoms with Crippen molar-refractivity contribution in [1.82, 2.24) is 0 Å². The number of hydrogen-bond acceptors (Lipinski definition) is 0. The first-order valence-corrected chi connectivity index (χ1v) is 4.17. The van der Waals surface area contributed by atoms with Crippen LogP contribution in [-0.2, 0) is 4.37 Å². The van der Waals surface area contributed by atoms with E-state index >= 15 is 0 Å². The Morgan fingerprint density at radius 1 is 0.600 bits per heavy atom. The molecule has 0 aromatic heterocycles. The van der Waals surface area contributed by atoms with Gasteiger partial charge in [0.25, 0.3) is 0 Å². The van der Waals surface area contributed by atoms with E-state index in [0.717, 1.165) is 0 Å². The first-order valence-electron chi connectivity index (χ1n) is 4.17. The van der Waals surface area contributed by atoms with Gasteiger partial charge in [0.15, 0.2) is 0 Å². The third kappa shape index (κ3) is 2.70. The zero-order valence-corrected chi connectivity index (χ0v) is 8.14. The van der Waals surface area contributed by atoms with Crippen LogP contribution in [0.1, 0.15) is 41.5 Å². The highest BCUT2D eigenvalue weighted by molar-refractivity contribution is 4.57. The van der Waals surface area contributed by atoms with Crippen molar-refractivity contribution in [3.63, 3.8) is 0 Å². The molecule has 0 heterocycles. The molecule has 0 bridgehead atoms. The highest BCUT2D eigenvalue weighted by Gasteiger charge is 2.21. The summed E-state index contributed by atoms with van der Waals surface area (Å²) in [5, 5.41) is 0. The molecule has 0 aromatic rings. The Kier molecular flexibility index (Phi) is 3.95. The summed E-state index contributed by atoms with van der Waals surface area (Å²) in [5.41, 5.74) is 0. The van der Waals surface area contributed by atoms with Crippen molar-refractivity contribution in [2.75, 3.05) is 0 Å². The number of hydrogen-bond donors (Lipinski definition) is 0. The van der Waals surface area contributed by atoms with Gasteiger partial charge in [0, 0.05) is 41.5 Å². The van der Waals surface area contributed by atoms with Crippen LogP contribution >= 0.6 is 0 Å². The fraction of sp³-hybridized carbons (Fsp3) is 1.00. The van der Waals surface area contributed by atoms with E-state index in [9.17, 15) is 0 Å². The second kappa shape index (κ2) is 3.97. The van der Waals surface area contributed by atoms with Gasteiger partial charge in [-0.25, -0.2) is 0 Å². The van der Waals surface area contributed by atoms with Crippen LogP contribution in [0.2, 0.25) is 0 Å². The van der Waals surface area contributed by atoms with Gasteiger partial charge in [-0.1, -0.05) is 0 Å². The van der Waals surface area contributed by atoms with Gasteiger partial charge in [0.2, 0.25) is 0 Å². The van der Waals surface area contributed by atoms with E-state index < -0.39 is 0 Å². The van der Waals surface area contributed by atoms with Gasteiger partial charge in [-0.3, -0.25) is 0 Å². The van der Waals surface area contributed by atoms with E-state index in [1.807, 2.05) is 0 Å². The predicted octanol–water partition coefficient (Wildman–Crippen LogP) is 2.76. The SMILES string of the molecule is CC(C)[O+](C(C)C)C(C)C. The molecule has 10 heavy (non-hydrogen) atoms. The third-order valence-electron chi connectivity index (χ3n) is 1.63. The Balaban J connectivity index is 3.98. The molecule has 0 saturated carbocycles. The molecule has 0 radical (unpaired) electrons. The molecule has 1 heteroatoms. The molecule has 0 amide bonds. The zero-order valence-electron chi connectivity index (χ0n) is 8.14. The highest BCUT2D eigenvalue weighted by atomic mass is 16.7. The average molecular weight is 145 g/mol. The molecule has 0 spiro atoms. The minimum atomic E-state index is 0.583. The number of rotatable bonds is 3. The first-order chi connectivity index (χ1) is 4.46. The van der Waals surface area contributed by atoms with Gasteiger partial charge >= 0.3 is 0 Å². The quantitative estimate of drug-likeness (QED) is 0.537. The molecule has 0 aromatic carbocycles. The summed E-state index contributed by atoms with van der Waals surface area (Å²) in [5.74, 6) is 0. The third-order valence-corrected chi connectivity index (χ3v) is 1.63. The van der Waals surface area contributed by atoms with Crippen molar-refractivity contribution in [2.24, 2.45) is 0 Å². The Hall–Kier alpha value is -0.0400. The molecule has 0 saturated heterocycles. The molecule has 0 N–H and O–H groups in total. The van der Waals surface area contributed by atoms with E-state index in [0.29, 0.717) is 18.3 Å². The maximum atomic E-state index is 3.31. The maximum absolute atomic E-state index is 3.31. The Morgan fingerprint density at radius 3 is 0.800 bits per heavy atom. The van der Waals surface area contributed by atoms with Crippen LogP contribution in [0.25, 0.3) is 0 Å². The lowest BCUT2D eigenvalue weighted by molar-refractivity contribution is -0.246. The summed E-state index contributed by atoms with van der Waals surface area (Å²) in [7, 11) is 0. The van der Waals surface area contributed by atoms with Gasteiger partial charge in [0.1, 0.15) is 18.3 Å². The Bertz CT molecular complexity index is 65.7. The van der Waals surface area contributed by atoms with Crippen LogP contribution < -0.4 is 0 Å². The molecular weight excluding hydrogens is 124 g/mol. The normalized spacial score (nSPS) is 12.6. The molecule has 62 valence electrons. The van der Waals surface area contributed by atoms with E-state index in [1.54, 1.807) is 0 Å². The van der Waals surface area contributed by atoms with E-state index in [4.69, 9.17) is 0 Å². The zero-order chi connectivity index (χ0) is 8.31. The summed E-state index contributed by atoms with van der Waals surface area (Å²) < 4.78 is 3.31. The molecule has 1 nitrogen and oxygen atoms in total. The minimum Gasteiger partial charge on any atom is -0.416 e. The molecule has 0 unspecified atom stereocenters. The van der Waals surface area contributed by atoms with Gasteiger partial charge in [-0.05, 0) is 0 Å². The van der Waals surface area contributed by atoms with Crippen molar-refractivity contribution in [1.29, 1.82) is 0 Å². The van der Waals surface area contributed by atoms with Gasteiger partial charge in [0.05, 0.1) is 0 Å². The predicted molar refractivity (Wildman–Crippen MR) is 46.5 cm³/mol. The van der Waals surface area contributed by atoms with Gasteiger partial charge < -0.3 is 4.37 Å². The standard InChI is InChI=1S/C9H21O/c1-7(2)10(8(3)4)9(5)6/h7-9H,1-6H3/q+1. The van der Waals surface area contributed by atoms with Gasteiger partial charge in [-0.2, -0.15) is 0 Å². The fourth-order valence-electron chi connectivity index (χ4n) is 1.63. The van der Waals surface area contributed by atoms with Crippen molar-refractivity contribution >= 4 is 0 Å². The van der Waals surface area contributed by atoms with Crippen LogP contribution in [0, 0.1) is 0 Å². The van der Waals surface area contributed by atoms with Gasteiger partial charge in [-0.15, -0.1) is 0 Å². The van der Waals surface area contributed by atoms with E-state index in [2.05, 4.69) is 45.9 Å². The maximum Gasteiger partial charge on any atom is 0.150 e. The monoisotopic (exact) mass is 145 g/mol. The van der Waals surface area contributed by atoms with Crippen LogP contribution in [0.5, 0.6) is 0 Å². The average Bonchev–Trinajstić information content (AvgIpc) is 1.59. The van der Waals surface area contributed by atoms with Crippen LogP contribution in [0.4, 0.5) is 0 Å². The summed E-state index contributed by atoms with van der Waals surface area (Å²) in [6, 6.07) is 0. The van der Waals surface area contributed by atoms with Crippen LogP contribution in [-0.4, -0.2) is 18.3 Å². The van der Waals surface area contributed by atoms with E-state index in [1.165, 1.54) is 0 Å². The van der Waals surface area contributed by atoms with Crippen LogP contribution in [0.3, 0.4) is 0 Å².